The van der Waals surface area contributed by atoms with Gasteiger partial charge in [-0.3, -0.25) is 0 Å². The molecule has 0 aromatic heterocycles. The Hall–Kier alpha value is -2.98. The highest BCUT2D eigenvalue weighted by molar-refractivity contribution is 5.78. The van der Waals surface area contributed by atoms with Gasteiger partial charge in [0.25, 0.3) is 0 Å². The standard InChI is InChI=1S/C29H34NO3/c1-27(2,3)20-15-18(13-14-24(20)31)29(7,8)19-16-21(28(4,5)6)26-23(17-19)30(32)22-11-9-10-12-25(22)33-26/h9-17,31H,1-8H3. The fourth-order valence-corrected chi connectivity index (χ4v) is 4.43. The molecule has 4 nitrogen and oxygen atoms in total. The first-order chi connectivity index (χ1) is 15.2. The molecule has 1 N–H and O–H groups in total. The molecule has 33 heavy (non-hydrogen) atoms. The van der Waals surface area contributed by atoms with Crippen molar-refractivity contribution in [3.8, 4) is 17.2 Å². The summed E-state index contributed by atoms with van der Waals surface area (Å²) in [5.74, 6) is 1.50. The van der Waals surface area contributed by atoms with Crippen molar-refractivity contribution in [3.63, 3.8) is 0 Å². The molecule has 0 bridgehead atoms. The van der Waals surface area contributed by atoms with E-state index in [1.807, 2.05) is 30.3 Å². The molecule has 0 amide bonds. The summed E-state index contributed by atoms with van der Waals surface area (Å²) in [6.07, 6.45) is 0. The van der Waals surface area contributed by atoms with Gasteiger partial charge in [-0.25, -0.2) is 0 Å². The van der Waals surface area contributed by atoms with Crippen LogP contribution in [0.2, 0.25) is 0 Å². The van der Waals surface area contributed by atoms with Crippen LogP contribution in [-0.4, -0.2) is 5.11 Å². The lowest BCUT2D eigenvalue weighted by Crippen LogP contribution is -2.25. The SMILES string of the molecule is CC(C)(C)c1cc(C(C)(C)c2cc3c(c(C(C)(C)C)c2)Oc2ccccc2N3[O])ccc1O. The van der Waals surface area contributed by atoms with Crippen LogP contribution in [0.3, 0.4) is 0 Å². The minimum Gasteiger partial charge on any atom is -0.508 e. The third kappa shape index (κ3) is 3.97. The van der Waals surface area contributed by atoms with Gasteiger partial charge in [0, 0.05) is 11.0 Å². The van der Waals surface area contributed by atoms with Gasteiger partial charge in [-0.15, -0.1) is 0 Å². The molecule has 1 radical (unpaired) electrons. The molecule has 1 aliphatic heterocycles. The molecule has 173 valence electrons. The third-order valence-corrected chi connectivity index (χ3v) is 6.64. The van der Waals surface area contributed by atoms with Gasteiger partial charge < -0.3 is 9.84 Å². The second-order valence-corrected chi connectivity index (χ2v) is 11.6. The van der Waals surface area contributed by atoms with E-state index < -0.39 is 5.41 Å². The van der Waals surface area contributed by atoms with Gasteiger partial charge in [-0.2, -0.15) is 5.06 Å². The maximum Gasteiger partial charge on any atom is 0.157 e. The van der Waals surface area contributed by atoms with Gasteiger partial charge >= 0.3 is 0 Å². The second-order valence-electron chi connectivity index (χ2n) is 11.6. The Balaban J connectivity index is 1.92. The number of para-hydroxylation sites is 2. The van der Waals surface area contributed by atoms with Crippen molar-refractivity contribution < 1.29 is 15.1 Å². The Morgan fingerprint density at radius 3 is 1.97 bits per heavy atom. The van der Waals surface area contributed by atoms with Crippen molar-refractivity contribution >= 4 is 11.4 Å². The summed E-state index contributed by atoms with van der Waals surface area (Å²) in [6, 6.07) is 17.3. The summed E-state index contributed by atoms with van der Waals surface area (Å²) in [5, 5.41) is 24.9. The molecule has 0 saturated heterocycles. The van der Waals surface area contributed by atoms with Crippen LogP contribution in [-0.2, 0) is 21.5 Å². The molecule has 1 aliphatic rings. The van der Waals surface area contributed by atoms with Crippen molar-refractivity contribution in [1.82, 2.24) is 0 Å². The van der Waals surface area contributed by atoms with Gasteiger partial charge in [-0.1, -0.05) is 90.9 Å². The molecule has 0 atom stereocenters. The zero-order valence-corrected chi connectivity index (χ0v) is 20.9. The van der Waals surface area contributed by atoms with Crippen LogP contribution in [0.5, 0.6) is 17.2 Å². The molecule has 1 heterocycles. The van der Waals surface area contributed by atoms with E-state index in [2.05, 4.69) is 67.5 Å². The average Bonchev–Trinajstić information content (AvgIpc) is 2.72. The lowest BCUT2D eigenvalue weighted by molar-refractivity contribution is 0.187. The quantitative estimate of drug-likeness (QED) is 0.437. The maximum absolute atomic E-state index is 13.4. The summed E-state index contributed by atoms with van der Waals surface area (Å²) in [4.78, 5) is 0. The summed E-state index contributed by atoms with van der Waals surface area (Å²) in [5.41, 5.74) is 4.23. The highest BCUT2D eigenvalue weighted by Crippen LogP contribution is 2.52. The monoisotopic (exact) mass is 444 g/mol. The molecule has 4 rings (SSSR count). The summed E-state index contributed by atoms with van der Waals surface area (Å²) in [7, 11) is 0. The van der Waals surface area contributed by atoms with E-state index in [4.69, 9.17) is 4.74 Å². The number of phenolic OH excluding ortho intramolecular Hbond substituents is 1. The molecule has 0 unspecified atom stereocenters. The van der Waals surface area contributed by atoms with E-state index in [0.717, 1.165) is 27.3 Å². The van der Waals surface area contributed by atoms with Crippen LogP contribution in [0.15, 0.2) is 54.6 Å². The molecule has 3 aromatic rings. The van der Waals surface area contributed by atoms with E-state index in [-0.39, 0.29) is 10.8 Å². The van der Waals surface area contributed by atoms with Crippen molar-refractivity contribution in [3.05, 3.63) is 76.9 Å². The number of fused-ring (bicyclic) bond motifs is 2. The van der Waals surface area contributed by atoms with Crippen LogP contribution < -0.4 is 9.80 Å². The molecule has 0 saturated carbocycles. The number of benzene rings is 3. The fraction of sp³-hybridized carbons (Fsp3) is 0.379. The van der Waals surface area contributed by atoms with Gasteiger partial charge in [0.15, 0.2) is 11.5 Å². The lowest BCUT2D eigenvalue weighted by atomic mass is 9.73. The van der Waals surface area contributed by atoms with Gasteiger partial charge in [0.05, 0.1) is 0 Å². The first-order valence-electron chi connectivity index (χ1n) is 11.5. The predicted molar refractivity (Wildman–Crippen MR) is 133 cm³/mol. The topological polar surface area (TPSA) is 52.6 Å². The van der Waals surface area contributed by atoms with E-state index in [1.165, 1.54) is 0 Å². The van der Waals surface area contributed by atoms with Crippen LogP contribution in [0.4, 0.5) is 11.4 Å². The maximum atomic E-state index is 13.4. The molecule has 0 aliphatic carbocycles. The minimum absolute atomic E-state index is 0.189. The molecule has 0 spiro atoms. The van der Waals surface area contributed by atoms with Crippen LogP contribution in [0.1, 0.15) is 77.6 Å². The van der Waals surface area contributed by atoms with Crippen LogP contribution in [0, 0.1) is 0 Å². The predicted octanol–water partition coefficient (Wildman–Crippen LogP) is 7.90. The highest BCUT2D eigenvalue weighted by atomic mass is 16.5. The van der Waals surface area contributed by atoms with Gasteiger partial charge in [0.2, 0.25) is 0 Å². The second kappa shape index (κ2) is 7.53. The number of rotatable bonds is 2. The number of hydrogen-bond donors (Lipinski definition) is 1. The van der Waals surface area contributed by atoms with E-state index in [9.17, 15) is 10.3 Å². The summed E-state index contributed by atoms with van der Waals surface area (Å²) < 4.78 is 6.28. The van der Waals surface area contributed by atoms with E-state index in [1.54, 1.807) is 12.1 Å². The molecule has 3 aromatic carbocycles. The number of hydrogen-bond acceptors (Lipinski definition) is 3. The van der Waals surface area contributed by atoms with Gasteiger partial charge in [-0.05, 0) is 51.8 Å². The summed E-state index contributed by atoms with van der Waals surface area (Å²) >= 11 is 0. The normalized spacial score (nSPS) is 13.9. The van der Waals surface area contributed by atoms with Crippen molar-refractivity contribution in [2.45, 2.75) is 71.6 Å². The molecule has 0 fully saturated rings. The Kier molecular flexibility index (Phi) is 5.29. The zero-order valence-electron chi connectivity index (χ0n) is 20.9. The Labute approximate surface area is 197 Å². The zero-order chi connectivity index (χ0) is 24.3. The van der Waals surface area contributed by atoms with E-state index in [0.29, 0.717) is 28.6 Å². The lowest BCUT2D eigenvalue weighted by Gasteiger charge is -2.35. The fourth-order valence-electron chi connectivity index (χ4n) is 4.43. The number of ether oxygens (including phenoxy) is 1. The number of anilines is 2. The average molecular weight is 445 g/mol. The molecule has 4 heteroatoms. The highest BCUT2D eigenvalue weighted by Gasteiger charge is 2.35. The number of phenols is 1. The molecular formula is C29H34NO3. The molecular weight excluding hydrogens is 410 g/mol. The number of nitrogens with zero attached hydrogens (tertiary/aromatic N) is 1. The smallest absolute Gasteiger partial charge is 0.157 e. The summed E-state index contributed by atoms with van der Waals surface area (Å²) in [6.45, 7) is 17.0. The Morgan fingerprint density at radius 2 is 1.33 bits per heavy atom. The van der Waals surface area contributed by atoms with Gasteiger partial charge in [0.1, 0.15) is 17.1 Å². The van der Waals surface area contributed by atoms with E-state index >= 15 is 0 Å². The minimum atomic E-state index is -0.402. The third-order valence-electron chi connectivity index (χ3n) is 6.64. The first kappa shape index (κ1) is 23.2. The Bertz CT molecular complexity index is 1210. The largest absolute Gasteiger partial charge is 0.508 e. The Morgan fingerprint density at radius 1 is 0.727 bits per heavy atom. The van der Waals surface area contributed by atoms with Crippen molar-refractivity contribution in [2.24, 2.45) is 0 Å². The van der Waals surface area contributed by atoms with Crippen molar-refractivity contribution in [2.75, 3.05) is 5.06 Å². The first-order valence-corrected chi connectivity index (χ1v) is 11.5. The van der Waals surface area contributed by atoms with Crippen LogP contribution in [0.25, 0.3) is 0 Å². The van der Waals surface area contributed by atoms with Crippen LogP contribution >= 0.6 is 0 Å². The van der Waals surface area contributed by atoms with Crippen molar-refractivity contribution in [1.29, 1.82) is 0 Å². The number of aromatic hydroxyl groups is 1.